The lowest BCUT2D eigenvalue weighted by molar-refractivity contribution is 0.0969. The molecule has 2 heterocycles. The number of likely N-dealkylation sites (tertiary alicyclic amines) is 1. The number of methoxy groups -OCH3 is 1. The van der Waals surface area contributed by atoms with Crippen LogP contribution >= 0.6 is 11.6 Å². The van der Waals surface area contributed by atoms with Gasteiger partial charge in [0.05, 0.1) is 13.7 Å². The number of nitrogens with zero attached hydrogens (tertiary/aromatic N) is 3. The third-order valence-electron chi connectivity index (χ3n) is 4.10. The average molecular weight is 377 g/mol. The number of aromatic nitrogens is 2. The molecule has 1 aromatic carbocycles. The van der Waals surface area contributed by atoms with Crippen LogP contribution in [0, 0.1) is 0 Å². The number of urea groups is 1. The number of hydrogen-bond donors (Lipinski definition) is 1. The first-order valence-electron chi connectivity index (χ1n) is 8.45. The van der Waals surface area contributed by atoms with Crippen molar-refractivity contribution in [2.24, 2.45) is 0 Å². The Hall–Kier alpha value is -2.54. The summed E-state index contributed by atoms with van der Waals surface area (Å²) in [7, 11) is 1.51. The minimum atomic E-state index is -0.107. The highest BCUT2D eigenvalue weighted by Crippen LogP contribution is 2.18. The van der Waals surface area contributed by atoms with Crippen LogP contribution < -0.4 is 14.8 Å². The molecule has 1 saturated heterocycles. The zero-order chi connectivity index (χ0) is 18.4. The van der Waals surface area contributed by atoms with Gasteiger partial charge in [-0.05, 0) is 30.5 Å². The molecule has 1 fully saturated rings. The lowest BCUT2D eigenvalue weighted by Crippen LogP contribution is -2.48. The van der Waals surface area contributed by atoms with Gasteiger partial charge in [0.2, 0.25) is 5.88 Å². The molecule has 0 spiro atoms. The summed E-state index contributed by atoms with van der Waals surface area (Å²) in [6.45, 7) is 1.68. The fraction of sp³-hybridized carbons (Fsp3) is 0.389. The summed E-state index contributed by atoms with van der Waals surface area (Å²) >= 11 is 5.87. The Balaban J connectivity index is 1.52. The fourth-order valence-electron chi connectivity index (χ4n) is 2.77. The van der Waals surface area contributed by atoms with E-state index < -0.39 is 0 Å². The molecule has 138 valence electrons. The van der Waals surface area contributed by atoms with E-state index in [0.717, 1.165) is 18.4 Å². The van der Waals surface area contributed by atoms with Gasteiger partial charge in [0.15, 0.2) is 0 Å². The lowest BCUT2D eigenvalue weighted by atomic mass is 10.1. The number of hydrogen-bond acceptors (Lipinski definition) is 5. The van der Waals surface area contributed by atoms with Crippen molar-refractivity contribution in [1.82, 2.24) is 20.2 Å². The van der Waals surface area contributed by atoms with Crippen molar-refractivity contribution in [2.45, 2.75) is 25.5 Å². The number of carbonyl (C=O) groups excluding carboxylic acids is 1. The van der Waals surface area contributed by atoms with E-state index in [0.29, 0.717) is 30.5 Å². The molecule has 1 atom stereocenters. The fourth-order valence-corrected chi connectivity index (χ4v) is 2.90. The van der Waals surface area contributed by atoms with Crippen LogP contribution in [0.2, 0.25) is 5.02 Å². The molecule has 2 amide bonds. The van der Waals surface area contributed by atoms with Gasteiger partial charge in [-0.1, -0.05) is 23.7 Å². The van der Waals surface area contributed by atoms with Crippen LogP contribution in [-0.4, -0.2) is 47.2 Å². The average Bonchev–Trinajstić information content (AvgIpc) is 2.67. The molecule has 0 aliphatic carbocycles. The van der Waals surface area contributed by atoms with Crippen LogP contribution in [0.4, 0.5) is 4.79 Å². The molecular formula is C18H21ClN4O3. The van der Waals surface area contributed by atoms with E-state index in [2.05, 4.69) is 15.3 Å². The van der Waals surface area contributed by atoms with Crippen LogP contribution in [0.1, 0.15) is 18.4 Å². The molecule has 1 aliphatic rings. The van der Waals surface area contributed by atoms with E-state index >= 15 is 0 Å². The number of ether oxygens (including phenoxy) is 2. The monoisotopic (exact) mass is 376 g/mol. The molecule has 1 aliphatic heterocycles. The zero-order valence-electron chi connectivity index (χ0n) is 14.5. The maximum Gasteiger partial charge on any atom is 0.319 e. The molecule has 3 rings (SSSR count). The first-order valence-corrected chi connectivity index (χ1v) is 8.83. The van der Waals surface area contributed by atoms with Gasteiger partial charge < -0.3 is 19.7 Å². The van der Waals surface area contributed by atoms with E-state index in [1.807, 2.05) is 24.3 Å². The highest BCUT2D eigenvalue weighted by molar-refractivity contribution is 6.30. The Bertz CT molecular complexity index is 741. The standard InChI is InChI=1S/C18H21ClN4O3/c1-25-17-20-9-8-16(22-17)26-15-3-2-10-23(12-15)18(24)21-11-13-4-6-14(19)7-5-13/h4-9,15H,2-3,10-12H2,1H3,(H,21,24). The summed E-state index contributed by atoms with van der Waals surface area (Å²) in [6.07, 6.45) is 3.22. The summed E-state index contributed by atoms with van der Waals surface area (Å²) in [5, 5.41) is 3.61. The largest absolute Gasteiger partial charge is 0.472 e. The number of amides is 2. The summed E-state index contributed by atoms with van der Waals surface area (Å²) in [5.74, 6) is 0.449. The number of halogens is 1. The summed E-state index contributed by atoms with van der Waals surface area (Å²) in [5.41, 5.74) is 1.00. The van der Waals surface area contributed by atoms with Gasteiger partial charge in [-0.15, -0.1) is 0 Å². The predicted octanol–water partition coefficient (Wildman–Crippen LogP) is 2.89. The molecule has 26 heavy (non-hydrogen) atoms. The number of benzene rings is 1. The SMILES string of the molecule is COc1nccc(OC2CCCN(C(=O)NCc3ccc(Cl)cc3)C2)n1. The number of piperidine rings is 1. The summed E-state index contributed by atoms with van der Waals surface area (Å²) < 4.78 is 10.9. The Morgan fingerprint density at radius 3 is 2.92 bits per heavy atom. The Morgan fingerprint density at radius 2 is 2.15 bits per heavy atom. The first kappa shape index (κ1) is 18.3. The smallest absolute Gasteiger partial charge is 0.319 e. The van der Waals surface area contributed by atoms with Crippen LogP contribution in [0.15, 0.2) is 36.5 Å². The zero-order valence-corrected chi connectivity index (χ0v) is 15.3. The molecule has 7 nitrogen and oxygen atoms in total. The Morgan fingerprint density at radius 1 is 1.35 bits per heavy atom. The third-order valence-corrected chi connectivity index (χ3v) is 4.35. The first-order chi connectivity index (χ1) is 12.6. The number of rotatable bonds is 5. The van der Waals surface area contributed by atoms with E-state index in [1.165, 1.54) is 7.11 Å². The van der Waals surface area contributed by atoms with Crippen molar-refractivity contribution in [2.75, 3.05) is 20.2 Å². The van der Waals surface area contributed by atoms with E-state index in [-0.39, 0.29) is 18.1 Å². The van der Waals surface area contributed by atoms with Gasteiger partial charge in [-0.25, -0.2) is 9.78 Å². The quantitative estimate of drug-likeness (QED) is 0.868. The maximum absolute atomic E-state index is 12.4. The molecule has 0 bridgehead atoms. The molecule has 0 saturated carbocycles. The summed E-state index contributed by atoms with van der Waals surface area (Å²) in [4.78, 5) is 22.3. The number of carbonyl (C=O) groups is 1. The van der Waals surface area contributed by atoms with E-state index in [9.17, 15) is 4.79 Å². The van der Waals surface area contributed by atoms with Crippen LogP contribution in [0.3, 0.4) is 0 Å². The van der Waals surface area contributed by atoms with E-state index in [4.69, 9.17) is 21.1 Å². The molecule has 0 radical (unpaired) electrons. The van der Waals surface area contributed by atoms with Crippen molar-refractivity contribution in [3.8, 4) is 11.9 Å². The second-order valence-corrected chi connectivity index (χ2v) is 6.43. The normalized spacial score (nSPS) is 16.8. The second-order valence-electron chi connectivity index (χ2n) is 5.99. The minimum Gasteiger partial charge on any atom is -0.472 e. The Kier molecular flexibility index (Phi) is 6.12. The topological polar surface area (TPSA) is 76.6 Å². The number of nitrogens with one attached hydrogen (secondary N) is 1. The predicted molar refractivity (Wildman–Crippen MR) is 97.5 cm³/mol. The summed E-state index contributed by atoms with van der Waals surface area (Å²) in [6, 6.07) is 9.25. The molecular weight excluding hydrogens is 356 g/mol. The van der Waals surface area contributed by atoms with Gasteiger partial charge in [0, 0.05) is 30.4 Å². The minimum absolute atomic E-state index is 0.103. The molecule has 2 aromatic rings. The van der Waals surface area contributed by atoms with Gasteiger partial charge >= 0.3 is 12.0 Å². The lowest BCUT2D eigenvalue weighted by Gasteiger charge is -2.32. The van der Waals surface area contributed by atoms with E-state index in [1.54, 1.807) is 17.2 Å². The second kappa shape index (κ2) is 8.71. The molecule has 1 aromatic heterocycles. The van der Waals surface area contributed by atoms with Gasteiger partial charge in [0.1, 0.15) is 6.10 Å². The van der Waals surface area contributed by atoms with Crippen molar-refractivity contribution in [3.63, 3.8) is 0 Å². The molecule has 1 unspecified atom stereocenters. The van der Waals surface area contributed by atoms with Crippen molar-refractivity contribution in [3.05, 3.63) is 47.1 Å². The van der Waals surface area contributed by atoms with Crippen molar-refractivity contribution >= 4 is 17.6 Å². The highest BCUT2D eigenvalue weighted by atomic mass is 35.5. The highest BCUT2D eigenvalue weighted by Gasteiger charge is 2.25. The van der Waals surface area contributed by atoms with Crippen LogP contribution in [0.5, 0.6) is 11.9 Å². The van der Waals surface area contributed by atoms with Gasteiger partial charge in [0.25, 0.3) is 0 Å². The maximum atomic E-state index is 12.4. The van der Waals surface area contributed by atoms with Gasteiger partial charge in [-0.2, -0.15) is 4.98 Å². The molecule has 1 N–H and O–H groups in total. The van der Waals surface area contributed by atoms with Crippen LogP contribution in [0.25, 0.3) is 0 Å². The molecule has 8 heteroatoms. The van der Waals surface area contributed by atoms with Gasteiger partial charge in [-0.3, -0.25) is 0 Å². The Labute approximate surface area is 157 Å². The van der Waals surface area contributed by atoms with Crippen LogP contribution in [-0.2, 0) is 6.54 Å². The van der Waals surface area contributed by atoms with Crippen molar-refractivity contribution < 1.29 is 14.3 Å². The third kappa shape index (κ3) is 4.98. The van der Waals surface area contributed by atoms with Crippen molar-refractivity contribution in [1.29, 1.82) is 0 Å².